The average molecular weight is 430 g/mol. The molecule has 0 aromatic heterocycles. The zero-order valence-corrected chi connectivity index (χ0v) is 19.1. The number of carbonyl (C=O) groups excluding carboxylic acids is 1. The van der Waals surface area contributed by atoms with Crippen molar-refractivity contribution in [2.45, 2.75) is 39.7 Å². The lowest BCUT2D eigenvalue weighted by atomic mass is 10.1. The number of rotatable bonds is 10. The summed E-state index contributed by atoms with van der Waals surface area (Å²) in [7, 11) is 1.61. The smallest absolute Gasteiger partial charge is 0.248 e. The quantitative estimate of drug-likeness (QED) is 0.370. The molecule has 0 atom stereocenters. The molecule has 4 heteroatoms. The van der Waals surface area contributed by atoms with Crippen molar-refractivity contribution in [1.82, 2.24) is 0 Å². The molecule has 0 spiro atoms. The molecule has 0 unspecified atom stereocenters. The Bertz CT molecular complexity index is 1050. The SMILES string of the molecule is CCCCc1ccc(NC(=O)/C=C/c2ccc(OCc3ccccc3C)c(OC)c2)cc1. The van der Waals surface area contributed by atoms with Gasteiger partial charge in [0.2, 0.25) is 5.91 Å². The van der Waals surface area contributed by atoms with Gasteiger partial charge in [-0.05, 0) is 72.4 Å². The molecule has 0 saturated heterocycles. The van der Waals surface area contributed by atoms with Gasteiger partial charge in [0.25, 0.3) is 0 Å². The highest BCUT2D eigenvalue weighted by Gasteiger charge is 2.07. The summed E-state index contributed by atoms with van der Waals surface area (Å²) >= 11 is 0. The maximum absolute atomic E-state index is 12.3. The van der Waals surface area contributed by atoms with Crippen LogP contribution < -0.4 is 14.8 Å². The third-order valence-corrected chi connectivity index (χ3v) is 5.30. The number of hydrogen-bond donors (Lipinski definition) is 1. The van der Waals surface area contributed by atoms with Crippen LogP contribution in [0.2, 0.25) is 0 Å². The molecule has 0 aliphatic rings. The predicted octanol–water partition coefficient (Wildman–Crippen LogP) is 6.58. The molecule has 0 radical (unpaired) electrons. The van der Waals surface area contributed by atoms with Crippen LogP contribution in [0.5, 0.6) is 11.5 Å². The number of aryl methyl sites for hydroxylation is 2. The van der Waals surface area contributed by atoms with Crippen LogP contribution >= 0.6 is 0 Å². The number of carbonyl (C=O) groups is 1. The number of benzene rings is 3. The second-order valence-electron chi connectivity index (χ2n) is 7.75. The predicted molar refractivity (Wildman–Crippen MR) is 131 cm³/mol. The van der Waals surface area contributed by atoms with E-state index in [9.17, 15) is 4.79 Å². The molecule has 0 aliphatic carbocycles. The Morgan fingerprint density at radius 2 is 1.78 bits per heavy atom. The van der Waals surface area contributed by atoms with Gasteiger partial charge in [-0.15, -0.1) is 0 Å². The van der Waals surface area contributed by atoms with Crippen LogP contribution in [-0.4, -0.2) is 13.0 Å². The molecule has 4 nitrogen and oxygen atoms in total. The highest BCUT2D eigenvalue weighted by Crippen LogP contribution is 2.29. The van der Waals surface area contributed by atoms with E-state index in [2.05, 4.69) is 43.4 Å². The van der Waals surface area contributed by atoms with Crippen LogP contribution in [0.15, 0.2) is 72.8 Å². The summed E-state index contributed by atoms with van der Waals surface area (Å²) in [4.78, 5) is 12.3. The molecule has 0 aliphatic heterocycles. The molecule has 3 aromatic carbocycles. The van der Waals surface area contributed by atoms with Gasteiger partial charge in [-0.25, -0.2) is 0 Å². The molecule has 0 bridgehead atoms. The molecule has 1 amide bonds. The van der Waals surface area contributed by atoms with Gasteiger partial charge in [0, 0.05) is 11.8 Å². The molecule has 1 N–H and O–H groups in total. The molecule has 0 fully saturated rings. The number of ether oxygens (including phenoxy) is 2. The van der Waals surface area contributed by atoms with Gasteiger partial charge in [-0.1, -0.05) is 55.8 Å². The Morgan fingerprint density at radius 3 is 2.50 bits per heavy atom. The fourth-order valence-electron chi connectivity index (χ4n) is 3.33. The first kappa shape index (κ1) is 23.1. The Balaban J connectivity index is 1.59. The second kappa shape index (κ2) is 11.8. The average Bonchev–Trinajstić information content (AvgIpc) is 2.82. The van der Waals surface area contributed by atoms with Crippen molar-refractivity contribution in [3.8, 4) is 11.5 Å². The van der Waals surface area contributed by atoms with Crippen LogP contribution in [0.4, 0.5) is 5.69 Å². The van der Waals surface area contributed by atoms with E-state index in [1.807, 2.05) is 42.5 Å². The number of nitrogens with one attached hydrogen (secondary N) is 1. The van der Waals surface area contributed by atoms with Crippen molar-refractivity contribution in [2.24, 2.45) is 0 Å². The first-order valence-electron chi connectivity index (χ1n) is 11.0. The van der Waals surface area contributed by atoms with Crippen LogP contribution in [0.1, 0.15) is 42.0 Å². The Hall–Kier alpha value is -3.53. The fourth-order valence-corrected chi connectivity index (χ4v) is 3.33. The van der Waals surface area contributed by atoms with Crippen molar-refractivity contribution >= 4 is 17.7 Å². The van der Waals surface area contributed by atoms with Gasteiger partial charge in [-0.3, -0.25) is 4.79 Å². The topological polar surface area (TPSA) is 47.6 Å². The molecule has 3 rings (SSSR count). The number of methoxy groups -OCH3 is 1. The first-order valence-corrected chi connectivity index (χ1v) is 11.0. The van der Waals surface area contributed by atoms with Gasteiger partial charge >= 0.3 is 0 Å². The van der Waals surface area contributed by atoms with Crippen LogP contribution in [0, 0.1) is 6.92 Å². The minimum atomic E-state index is -0.176. The fraction of sp³-hybridized carbons (Fsp3) is 0.250. The van der Waals surface area contributed by atoms with Gasteiger partial charge in [0.15, 0.2) is 11.5 Å². The Kier molecular flexibility index (Phi) is 8.50. The van der Waals surface area contributed by atoms with Crippen molar-refractivity contribution < 1.29 is 14.3 Å². The summed E-state index contributed by atoms with van der Waals surface area (Å²) in [5, 5.41) is 2.90. The van der Waals surface area contributed by atoms with Crippen molar-refractivity contribution in [3.05, 3.63) is 95.1 Å². The summed E-state index contributed by atoms with van der Waals surface area (Å²) < 4.78 is 11.4. The molecule has 0 saturated carbocycles. The zero-order valence-electron chi connectivity index (χ0n) is 19.1. The van der Waals surface area contributed by atoms with Gasteiger partial charge in [-0.2, -0.15) is 0 Å². The van der Waals surface area contributed by atoms with Gasteiger partial charge in [0.05, 0.1) is 7.11 Å². The van der Waals surface area contributed by atoms with E-state index in [-0.39, 0.29) is 5.91 Å². The van der Waals surface area contributed by atoms with Crippen LogP contribution in [0.25, 0.3) is 6.08 Å². The van der Waals surface area contributed by atoms with Crippen LogP contribution in [-0.2, 0) is 17.8 Å². The Morgan fingerprint density at radius 1 is 1.00 bits per heavy atom. The highest BCUT2D eigenvalue weighted by molar-refractivity contribution is 6.01. The molecular formula is C28H31NO3. The molecule has 0 heterocycles. The minimum absolute atomic E-state index is 0.176. The minimum Gasteiger partial charge on any atom is -0.493 e. The largest absolute Gasteiger partial charge is 0.493 e. The molecule has 3 aromatic rings. The van der Waals surface area contributed by atoms with E-state index >= 15 is 0 Å². The highest BCUT2D eigenvalue weighted by atomic mass is 16.5. The maximum Gasteiger partial charge on any atom is 0.248 e. The summed E-state index contributed by atoms with van der Waals surface area (Å²) in [5.74, 6) is 1.12. The first-order chi connectivity index (χ1) is 15.6. The zero-order chi connectivity index (χ0) is 22.8. The lowest BCUT2D eigenvalue weighted by molar-refractivity contribution is -0.111. The van der Waals surface area contributed by atoms with Crippen molar-refractivity contribution in [3.63, 3.8) is 0 Å². The molecule has 166 valence electrons. The van der Waals surface area contributed by atoms with Crippen LogP contribution in [0.3, 0.4) is 0 Å². The van der Waals surface area contributed by atoms with E-state index in [4.69, 9.17) is 9.47 Å². The van der Waals surface area contributed by atoms with E-state index in [0.29, 0.717) is 18.1 Å². The van der Waals surface area contributed by atoms with Gasteiger partial charge in [0.1, 0.15) is 6.61 Å². The van der Waals surface area contributed by atoms with Crippen molar-refractivity contribution in [2.75, 3.05) is 12.4 Å². The third-order valence-electron chi connectivity index (χ3n) is 5.30. The molecule has 32 heavy (non-hydrogen) atoms. The normalized spacial score (nSPS) is 10.8. The van der Waals surface area contributed by atoms with E-state index in [1.54, 1.807) is 13.2 Å². The number of hydrogen-bond acceptors (Lipinski definition) is 3. The monoisotopic (exact) mass is 429 g/mol. The standard InChI is InChI=1S/C28H31NO3/c1-4-5-9-22-11-15-25(16-12-22)29-28(30)18-14-23-13-17-26(27(19-23)31-3)32-20-24-10-7-6-8-21(24)2/h6-8,10-19H,4-5,9,20H2,1-3H3,(H,29,30)/b18-14+. The third kappa shape index (κ3) is 6.74. The van der Waals surface area contributed by atoms with Gasteiger partial charge < -0.3 is 14.8 Å². The number of unbranched alkanes of at least 4 members (excludes halogenated alkanes) is 1. The van der Waals surface area contributed by atoms with Crippen molar-refractivity contribution in [1.29, 1.82) is 0 Å². The van der Waals surface area contributed by atoms with E-state index in [0.717, 1.165) is 23.2 Å². The maximum atomic E-state index is 12.3. The Labute approximate surface area is 190 Å². The summed E-state index contributed by atoms with van der Waals surface area (Å²) in [5.41, 5.74) is 5.26. The number of amides is 1. The lowest BCUT2D eigenvalue weighted by Gasteiger charge is -2.12. The molecular weight excluding hydrogens is 398 g/mol. The van der Waals surface area contributed by atoms with E-state index < -0.39 is 0 Å². The lowest BCUT2D eigenvalue weighted by Crippen LogP contribution is -2.07. The number of anilines is 1. The second-order valence-corrected chi connectivity index (χ2v) is 7.75. The van der Waals surface area contributed by atoms with E-state index in [1.165, 1.54) is 30.0 Å². The summed E-state index contributed by atoms with van der Waals surface area (Å²) in [6.07, 6.45) is 6.70. The summed E-state index contributed by atoms with van der Waals surface area (Å²) in [6, 6.07) is 21.8. The summed E-state index contributed by atoms with van der Waals surface area (Å²) in [6.45, 7) is 4.72.